The standard InChI is InChI=1S/C11H22N2O2/c1-4-8(2)11(14)13-5-6-15-10(7-13)9(3)12/h8-10H,4-7,12H2,1-3H3. The van der Waals surface area contributed by atoms with Crippen molar-refractivity contribution in [3.8, 4) is 0 Å². The zero-order valence-corrected chi connectivity index (χ0v) is 9.90. The SMILES string of the molecule is CCC(C)C(=O)N1CCOC(C(C)N)C1. The van der Waals surface area contributed by atoms with Crippen molar-refractivity contribution < 1.29 is 9.53 Å². The van der Waals surface area contributed by atoms with E-state index in [2.05, 4.69) is 0 Å². The number of hydrogen-bond donors (Lipinski definition) is 1. The lowest BCUT2D eigenvalue weighted by Crippen LogP contribution is -2.52. The van der Waals surface area contributed by atoms with Gasteiger partial charge < -0.3 is 15.4 Å². The van der Waals surface area contributed by atoms with E-state index in [4.69, 9.17) is 10.5 Å². The molecule has 1 amide bonds. The number of carbonyl (C=O) groups is 1. The van der Waals surface area contributed by atoms with Crippen LogP contribution in [0.25, 0.3) is 0 Å². The number of carbonyl (C=O) groups excluding carboxylic acids is 1. The summed E-state index contributed by atoms with van der Waals surface area (Å²) in [6.45, 7) is 7.87. The molecule has 3 unspecified atom stereocenters. The molecule has 4 heteroatoms. The maximum absolute atomic E-state index is 11.9. The normalized spacial score (nSPS) is 26.1. The average Bonchev–Trinajstić information content (AvgIpc) is 2.27. The van der Waals surface area contributed by atoms with Crippen LogP contribution in [0.15, 0.2) is 0 Å². The van der Waals surface area contributed by atoms with Crippen LogP contribution in [-0.2, 0) is 9.53 Å². The number of amides is 1. The first-order chi connectivity index (χ1) is 7.06. The topological polar surface area (TPSA) is 55.6 Å². The number of rotatable bonds is 3. The highest BCUT2D eigenvalue weighted by molar-refractivity contribution is 5.78. The van der Waals surface area contributed by atoms with Gasteiger partial charge in [-0.25, -0.2) is 0 Å². The van der Waals surface area contributed by atoms with Crippen LogP contribution in [0.5, 0.6) is 0 Å². The van der Waals surface area contributed by atoms with Gasteiger partial charge in [-0.2, -0.15) is 0 Å². The summed E-state index contributed by atoms with van der Waals surface area (Å²) in [7, 11) is 0. The highest BCUT2D eigenvalue weighted by Crippen LogP contribution is 2.13. The Labute approximate surface area is 91.8 Å². The molecule has 1 saturated heterocycles. The van der Waals surface area contributed by atoms with E-state index in [1.54, 1.807) is 0 Å². The molecule has 3 atom stereocenters. The first kappa shape index (κ1) is 12.5. The maximum Gasteiger partial charge on any atom is 0.225 e. The van der Waals surface area contributed by atoms with Crippen LogP contribution in [0, 0.1) is 5.92 Å². The zero-order chi connectivity index (χ0) is 11.4. The molecule has 1 fully saturated rings. The Balaban J connectivity index is 2.52. The summed E-state index contributed by atoms with van der Waals surface area (Å²) in [6.07, 6.45) is 0.880. The van der Waals surface area contributed by atoms with Crippen molar-refractivity contribution in [2.75, 3.05) is 19.7 Å². The summed E-state index contributed by atoms with van der Waals surface area (Å²) >= 11 is 0. The van der Waals surface area contributed by atoms with Gasteiger partial charge in [-0.1, -0.05) is 13.8 Å². The fourth-order valence-electron chi connectivity index (χ4n) is 1.68. The Hall–Kier alpha value is -0.610. The Morgan fingerprint density at radius 1 is 1.60 bits per heavy atom. The van der Waals surface area contributed by atoms with Gasteiger partial charge in [-0.15, -0.1) is 0 Å². The van der Waals surface area contributed by atoms with Crippen molar-refractivity contribution in [3.63, 3.8) is 0 Å². The van der Waals surface area contributed by atoms with Crippen molar-refractivity contribution >= 4 is 5.91 Å². The van der Waals surface area contributed by atoms with Crippen LogP contribution in [0.3, 0.4) is 0 Å². The molecule has 0 saturated carbocycles. The quantitative estimate of drug-likeness (QED) is 0.749. The summed E-state index contributed by atoms with van der Waals surface area (Å²) < 4.78 is 5.51. The van der Waals surface area contributed by atoms with E-state index in [9.17, 15) is 4.79 Å². The van der Waals surface area contributed by atoms with E-state index >= 15 is 0 Å². The molecule has 0 aliphatic carbocycles. The van der Waals surface area contributed by atoms with Crippen LogP contribution >= 0.6 is 0 Å². The molecule has 1 aliphatic heterocycles. The predicted octanol–water partition coefficient (Wildman–Crippen LogP) is 0.607. The predicted molar refractivity (Wildman–Crippen MR) is 59.4 cm³/mol. The van der Waals surface area contributed by atoms with Crippen LogP contribution in [0.4, 0.5) is 0 Å². The summed E-state index contributed by atoms with van der Waals surface area (Å²) in [5.41, 5.74) is 5.78. The molecule has 4 nitrogen and oxygen atoms in total. The van der Waals surface area contributed by atoms with Gasteiger partial charge in [0.1, 0.15) is 0 Å². The molecule has 1 aliphatic rings. The molecule has 1 rings (SSSR count). The molecule has 2 N–H and O–H groups in total. The number of morpholine rings is 1. The second-order valence-corrected chi connectivity index (χ2v) is 4.36. The lowest BCUT2D eigenvalue weighted by atomic mass is 10.1. The van der Waals surface area contributed by atoms with Crippen LogP contribution < -0.4 is 5.73 Å². The third-order valence-corrected chi connectivity index (χ3v) is 3.03. The van der Waals surface area contributed by atoms with Gasteiger partial charge in [0.2, 0.25) is 5.91 Å². The minimum atomic E-state index is -0.0162. The average molecular weight is 214 g/mol. The molecule has 0 radical (unpaired) electrons. The van der Waals surface area contributed by atoms with Gasteiger partial charge in [0.25, 0.3) is 0 Å². The van der Waals surface area contributed by atoms with Gasteiger partial charge in [-0.3, -0.25) is 4.79 Å². The first-order valence-corrected chi connectivity index (χ1v) is 5.72. The van der Waals surface area contributed by atoms with Gasteiger partial charge in [0.15, 0.2) is 0 Å². The first-order valence-electron chi connectivity index (χ1n) is 5.72. The number of nitrogens with two attached hydrogens (primary N) is 1. The van der Waals surface area contributed by atoms with Crippen LogP contribution in [0.1, 0.15) is 27.2 Å². The fraction of sp³-hybridized carbons (Fsp3) is 0.909. The Kier molecular flexibility index (Phi) is 4.54. The third kappa shape index (κ3) is 3.18. The molecule has 0 aromatic carbocycles. The smallest absolute Gasteiger partial charge is 0.225 e. The Morgan fingerprint density at radius 2 is 2.27 bits per heavy atom. The lowest BCUT2D eigenvalue weighted by molar-refractivity contribution is -0.143. The third-order valence-electron chi connectivity index (χ3n) is 3.03. The van der Waals surface area contributed by atoms with Gasteiger partial charge in [-0.05, 0) is 13.3 Å². The van der Waals surface area contributed by atoms with Gasteiger partial charge in [0.05, 0.1) is 12.7 Å². The zero-order valence-electron chi connectivity index (χ0n) is 9.90. The van der Waals surface area contributed by atoms with Gasteiger partial charge >= 0.3 is 0 Å². The van der Waals surface area contributed by atoms with Crippen molar-refractivity contribution in [1.82, 2.24) is 4.90 Å². The number of hydrogen-bond acceptors (Lipinski definition) is 3. The van der Waals surface area contributed by atoms with Crippen molar-refractivity contribution in [3.05, 3.63) is 0 Å². The number of nitrogens with zero attached hydrogens (tertiary/aromatic N) is 1. The molecule has 0 aromatic rings. The van der Waals surface area contributed by atoms with Crippen molar-refractivity contribution in [2.45, 2.75) is 39.3 Å². The van der Waals surface area contributed by atoms with Crippen LogP contribution in [0.2, 0.25) is 0 Å². The fourth-order valence-corrected chi connectivity index (χ4v) is 1.68. The molecular formula is C11H22N2O2. The molecule has 0 spiro atoms. The molecule has 1 heterocycles. The minimum absolute atomic E-state index is 0.00763. The largest absolute Gasteiger partial charge is 0.373 e. The minimum Gasteiger partial charge on any atom is -0.373 e. The van der Waals surface area contributed by atoms with Crippen molar-refractivity contribution in [1.29, 1.82) is 0 Å². The van der Waals surface area contributed by atoms with Crippen LogP contribution in [-0.4, -0.2) is 42.6 Å². The van der Waals surface area contributed by atoms with E-state index in [1.165, 1.54) is 0 Å². The summed E-state index contributed by atoms with van der Waals surface area (Å²) in [5.74, 6) is 0.336. The molecule has 15 heavy (non-hydrogen) atoms. The molecule has 0 bridgehead atoms. The lowest BCUT2D eigenvalue weighted by Gasteiger charge is -2.35. The highest BCUT2D eigenvalue weighted by atomic mass is 16.5. The second-order valence-electron chi connectivity index (χ2n) is 4.36. The number of ether oxygens (including phenoxy) is 1. The second kappa shape index (κ2) is 5.47. The van der Waals surface area contributed by atoms with Gasteiger partial charge in [0, 0.05) is 25.0 Å². The summed E-state index contributed by atoms with van der Waals surface area (Å²) in [6, 6.07) is -0.0162. The van der Waals surface area contributed by atoms with E-state index < -0.39 is 0 Å². The molecular weight excluding hydrogens is 192 g/mol. The van der Waals surface area contributed by atoms with E-state index in [0.29, 0.717) is 19.7 Å². The summed E-state index contributed by atoms with van der Waals surface area (Å²) in [5, 5.41) is 0. The maximum atomic E-state index is 11.9. The summed E-state index contributed by atoms with van der Waals surface area (Å²) in [4.78, 5) is 13.8. The Morgan fingerprint density at radius 3 is 2.80 bits per heavy atom. The van der Waals surface area contributed by atoms with E-state index in [-0.39, 0.29) is 24.0 Å². The molecule has 88 valence electrons. The molecule has 0 aromatic heterocycles. The highest BCUT2D eigenvalue weighted by Gasteiger charge is 2.28. The Bertz CT molecular complexity index is 219. The van der Waals surface area contributed by atoms with Crippen molar-refractivity contribution in [2.24, 2.45) is 11.7 Å². The monoisotopic (exact) mass is 214 g/mol. The van der Waals surface area contributed by atoms with E-state index in [1.807, 2.05) is 25.7 Å². The van der Waals surface area contributed by atoms with E-state index in [0.717, 1.165) is 6.42 Å².